The summed E-state index contributed by atoms with van der Waals surface area (Å²) in [7, 11) is 0. The molecule has 1 rings (SSSR count). The van der Waals surface area contributed by atoms with E-state index in [1.54, 1.807) is 0 Å². The molecule has 1 aromatic rings. The number of nitrogens with two attached hydrogens (primary N) is 1. The molecule has 72 valence electrons. The van der Waals surface area contributed by atoms with Gasteiger partial charge in [-0.15, -0.1) is 0 Å². The minimum Gasteiger partial charge on any atom is -0.323 e. The maximum atomic E-state index is 5.84. The van der Waals surface area contributed by atoms with Crippen LogP contribution in [-0.2, 0) is 0 Å². The molecule has 0 aromatic carbocycles. The molecule has 2 nitrogen and oxygen atoms in total. The van der Waals surface area contributed by atoms with E-state index in [0.717, 1.165) is 11.4 Å². The molecule has 1 heterocycles. The van der Waals surface area contributed by atoms with E-state index in [0.29, 0.717) is 0 Å². The molecule has 0 fully saturated rings. The van der Waals surface area contributed by atoms with Crippen LogP contribution in [0.5, 0.6) is 0 Å². The number of aryl methyl sites for hydroxylation is 1. The van der Waals surface area contributed by atoms with Gasteiger partial charge in [-0.05, 0) is 51.3 Å². The van der Waals surface area contributed by atoms with Crippen LogP contribution in [0.1, 0.15) is 41.0 Å². The summed E-state index contributed by atoms with van der Waals surface area (Å²) in [5.41, 5.74) is 11.8. The number of rotatable bonds is 1. The van der Waals surface area contributed by atoms with Crippen molar-refractivity contribution in [2.24, 2.45) is 5.73 Å². The molecule has 1 atom stereocenters. The van der Waals surface area contributed by atoms with Crippen LogP contribution < -0.4 is 5.73 Å². The van der Waals surface area contributed by atoms with Gasteiger partial charge in [0.15, 0.2) is 0 Å². The smallest absolute Gasteiger partial charge is 0.0603 e. The lowest BCUT2D eigenvalue weighted by Gasteiger charge is -2.15. The Labute approximate surface area is 80.2 Å². The summed E-state index contributed by atoms with van der Waals surface area (Å²) in [6.07, 6.45) is 0. The third-order valence-corrected chi connectivity index (χ3v) is 2.77. The van der Waals surface area contributed by atoms with Gasteiger partial charge >= 0.3 is 0 Å². The summed E-state index contributed by atoms with van der Waals surface area (Å²) in [5, 5.41) is 0. The molecule has 0 aliphatic heterocycles. The van der Waals surface area contributed by atoms with Gasteiger partial charge in [0.2, 0.25) is 0 Å². The minimum atomic E-state index is 0.0259. The maximum Gasteiger partial charge on any atom is 0.0603 e. The molecule has 2 N–H and O–H groups in total. The molecule has 0 aliphatic rings. The predicted molar refractivity (Wildman–Crippen MR) is 55.8 cm³/mol. The highest BCUT2D eigenvalue weighted by atomic mass is 14.8. The second-order valence-corrected chi connectivity index (χ2v) is 3.75. The Balaban J connectivity index is 3.41. The standard InChI is InChI=1S/C11H18N2/c1-6-7(2)10(5)13-11(8(6)3)9(4)12/h9H,12H2,1-5H3. The largest absolute Gasteiger partial charge is 0.323 e. The predicted octanol–water partition coefficient (Wildman–Crippen LogP) is 2.33. The van der Waals surface area contributed by atoms with Gasteiger partial charge in [0.1, 0.15) is 0 Å². The van der Waals surface area contributed by atoms with Gasteiger partial charge in [-0.1, -0.05) is 0 Å². The van der Waals surface area contributed by atoms with E-state index >= 15 is 0 Å². The average molecular weight is 178 g/mol. The average Bonchev–Trinajstić information content (AvgIpc) is 2.07. The molecule has 0 saturated carbocycles. The molecular formula is C11H18N2. The number of nitrogens with zero attached hydrogens (tertiary/aromatic N) is 1. The van der Waals surface area contributed by atoms with Gasteiger partial charge in [0, 0.05) is 11.7 Å². The van der Waals surface area contributed by atoms with Crippen LogP contribution in [0.4, 0.5) is 0 Å². The van der Waals surface area contributed by atoms with Crippen molar-refractivity contribution in [1.29, 1.82) is 0 Å². The van der Waals surface area contributed by atoms with E-state index in [-0.39, 0.29) is 6.04 Å². The van der Waals surface area contributed by atoms with Crippen LogP contribution in [0.15, 0.2) is 0 Å². The van der Waals surface area contributed by atoms with Crippen molar-refractivity contribution in [3.63, 3.8) is 0 Å². The lowest BCUT2D eigenvalue weighted by molar-refractivity contribution is 0.760. The topological polar surface area (TPSA) is 38.9 Å². The molecule has 0 amide bonds. The first-order valence-electron chi connectivity index (χ1n) is 4.65. The maximum absolute atomic E-state index is 5.84. The zero-order valence-corrected chi connectivity index (χ0v) is 9.10. The molecule has 2 heteroatoms. The Morgan fingerprint density at radius 1 is 1.00 bits per heavy atom. The summed E-state index contributed by atoms with van der Waals surface area (Å²) >= 11 is 0. The fraction of sp³-hybridized carbons (Fsp3) is 0.545. The summed E-state index contributed by atoms with van der Waals surface area (Å²) < 4.78 is 0. The van der Waals surface area contributed by atoms with Crippen LogP contribution in [0.25, 0.3) is 0 Å². The van der Waals surface area contributed by atoms with E-state index < -0.39 is 0 Å². The molecule has 0 spiro atoms. The summed E-state index contributed by atoms with van der Waals surface area (Å²) in [6, 6.07) is 0.0259. The van der Waals surface area contributed by atoms with Crippen molar-refractivity contribution in [2.45, 2.75) is 40.7 Å². The Morgan fingerprint density at radius 2 is 1.54 bits per heavy atom. The second kappa shape index (κ2) is 3.46. The molecule has 0 radical (unpaired) electrons. The van der Waals surface area contributed by atoms with Crippen molar-refractivity contribution in [1.82, 2.24) is 4.98 Å². The van der Waals surface area contributed by atoms with Crippen molar-refractivity contribution in [3.8, 4) is 0 Å². The monoisotopic (exact) mass is 178 g/mol. The van der Waals surface area contributed by atoms with E-state index in [4.69, 9.17) is 5.73 Å². The minimum absolute atomic E-state index is 0.0259. The Bertz CT molecular complexity index is 327. The van der Waals surface area contributed by atoms with Crippen LogP contribution >= 0.6 is 0 Å². The normalized spacial score (nSPS) is 13.1. The lowest BCUT2D eigenvalue weighted by atomic mass is 9.99. The molecule has 1 aromatic heterocycles. The van der Waals surface area contributed by atoms with Crippen LogP contribution in [-0.4, -0.2) is 4.98 Å². The Kier molecular flexibility index (Phi) is 2.71. The van der Waals surface area contributed by atoms with Gasteiger partial charge < -0.3 is 5.73 Å². The first kappa shape index (κ1) is 10.2. The number of hydrogen-bond acceptors (Lipinski definition) is 2. The number of pyridine rings is 1. The number of aromatic nitrogens is 1. The first-order chi connectivity index (χ1) is 5.95. The third-order valence-electron chi connectivity index (χ3n) is 2.77. The van der Waals surface area contributed by atoms with Gasteiger partial charge in [0.25, 0.3) is 0 Å². The molecule has 13 heavy (non-hydrogen) atoms. The third kappa shape index (κ3) is 1.73. The van der Waals surface area contributed by atoms with Crippen molar-refractivity contribution in [3.05, 3.63) is 28.1 Å². The van der Waals surface area contributed by atoms with E-state index in [9.17, 15) is 0 Å². The molecule has 0 saturated heterocycles. The van der Waals surface area contributed by atoms with E-state index in [2.05, 4.69) is 25.8 Å². The highest BCUT2D eigenvalue weighted by Gasteiger charge is 2.11. The first-order valence-corrected chi connectivity index (χ1v) is 4.65. The number of hydrogen-bond donors (Lipinski definition) is 1. The zero-order chi connectivity index (χ0) is 10.2. The summed E-state index contributed by atoms with van der Waals surface area (Å²) in [6.45, 7) is 10.3. The SMILES string of the molecule is Cc1nc(C(C)N)c(C)c(C)c1C. The van der Waals surface area contributed by atoms with Crippen molar-refractivity contribution in [2.75, 3.05) is 0 Å². The fourth-order valence-electron chi connectivity index (χ4n) is 1.54. The van der Waals surface area contributed by atoms with Crippen molar-refractivity contribution < 1.29 is 0 Å². The highest BCUT2D eigenvalue weighted by molar-refractivity contribution is 5.38. The fourth-order valence-corrected chi connectivity index (χ4v) is 1.54. The zero-order valence-electron chi connectivity index (χ0n) is 9.10. The summed E-state index contributed by atoms with van der Waals surface area (Å²) in [4.78, 5) is 4.51. The molecule has 0 bridgehead atoms. The second-order valence-electron chi connectivity index (χ2n) is 3.75. The molecule has 0 aliphatic carbocycles. The van der Waals surface area contributed by atoms with Crippen LogP contribution in [0.2, 0.25) is 0 Å². The van der Waals surface area contributed by atoms with E-state index in [1.165, 1.54) is 16.7 Å². The lowest BCUT2D eigenvalue weighted by Crippen LogP contribution is -2.12. The van der Waals surface area contributed by atoms with Crippen LogP contribution in [0.3, 0.4) is 0 Å². The quantitative estimate of drug-likeness (QED) is 0.717. The molecular weight excluding hydrogens is 160 g/mol. The van der Waals surface area contributed by atoms with Crippen molar-refractivity contribution >= 4 is 0 Å². The Hall–Kier alpha value is -0.890. The van der Waals surface area contributed by atoms with Gasteiger partial charge in [-0.25, -0.2) is 0 Å². The van der Waals surface area contributed by atoms with Gasteiger partial charge in [0.05, 0.1) is 5.69 Å². The van der Waals surface area contributed by atoms with E-state index in [1.807, 2.05) is 13.8 Å². The summed E-state index contributed by atoms with van der Waals surface area (Å²) in [5.74, 6) is 0. The van der Waals surface area contributed by atoms with Gasteiger partial charge in [-0.2, -0.15) is 0 Å². The molecule has 1 unspecified atom stereocenters. The van der Waals surface area contributed by atoms with Crippen LogP contribution in [0, 0.1) is 27.7 Å². The highest BCUT2D eigenvalue weighted by Crippen LogP contribution is 2.21. The van der Waals surface area contributed by atoms with Gasteiger partial charge in [-0.3, -0.25) is 4.98 Å². The Morgan fingerprint density at radius 3 is 2.00 bits per heavy atom.